The van der Waals surface area contributed by atoms with Crippen LogP contribution in [0.3, 0.4) is 0 Å². The quantitative estimate of drug-likeness (QED) is 0.782. The van der Waals surface area contributed by atoms with E-state index < -0.39 is 0 Å². The summed E-state index contributed by atoms with van der Waals surface area (Å²) in [6.07, 6.45) is 2.24. The highest BCUT2D eigenvalue weighted by Gasteiger charge is 2.24. The Hall–Kier alpha value is -2.62. The van der Waals surface area contributed by atoms with Crippen molar-refractivity contribution in [2.75, 3.05) is 11.4 Å². The van der Waals surface area contributed by atoms with Crippen LogP contribution in [0.5, 0.6) is 0 Å². The Morgan fingerprint density at radius 3 is 2.92 bits per heavy atom. The molecule has 0 bridgehead atoms. The average molecular weight is 319 g/mol. The largest absolute Gasteiger partial charge is 0.361 e. The number of rotatable bonds is 2. The Labute approximate surface area is 141 Å². The number of nitrogens with one attached hydrogen (secondary N) is 1. The molecule has 0 fully saturated rings. The lowest BCUT2D eigenvalue weighted by Gasteiger charge is -2.36. The van der Waals surface area contributed by atoms with Crippen LogP contribution in [0.15, 0.2) is 47.3 Å². The minimum Gasteiger partial charge on any atom is -0.361 e. The summed E-state index contributed by atoms with van der Waals surface area (Å²) in [5.74, 6) is 0.729. The molecule has 0 unspecified atom stereocenters. The molecule has 1 atom stereocenters. The van der Waals surface area contributed by atoms with E-state index in [9.17, 15) is 4.79 Å². The molecule has 0 spiro atoms. The zero-order chi connectivity index (χ0) is 16.7. The van der Waals surface area contributed by atoms with E-state index in [1.165, 1.54) is 16.8 Å². The van der Waals surface area contributed by atoms with Crippen molar-refractivity contribution in [3.63, 3.8) is 0 Å². The van der Waals surface area contributed by atoms with E-state index in [-0.39, 0.29) is 11.6 Å². The first-order valence-corrected chi connectivity index (χ1v) is 8.48. The van der Waals surface area contributed by atoms with Crippen molar-refractivity contribution in [2.45, 2.75) is 32.7 Å². The van der Waals surface area contributed by atoms with E-state index in [0.29, 0.717) is 5.39 Å². The number of nitrogens with zero attached hydrogens (tertiary/aromatic N) is 2. The van der Waals surface area contributed by atoms with Gasteiger partial charge in [0.1, 0.15) is 5.82 Å². The van der Waals surface area contributed by atoms with Gasteiger partial charge in [-0.05, 0) is 50.5 Å². The number of aromatic amines is 1. The van der Waals surface area contributed by atoms with Gasteiger partial charge in [0.2, 0.25) is 0 Å². The van der Waals surface area contributed by atoms with Crippen LogP contribution in [0.1, 0.15) is 36.3 Å². The summed E-state index contributed by atoms with van der Waals surface area (Å²) in [7, 11) is 0. The maximum atomic E-state index is 12.4. The van der Waals surface area contributed by atoms with Gasteiger partial charge >= 0.3 is 0 Å². The van der Waals surface area contributed by atoms with Crippen LogP contribution >= 0.6 is 0 Å². The Balaban J connectivity index is 1.77. The highest BCUT2D eigenvalue weighted by atomic mass is 16.1. The SMILES string of the molecule is Cc1ccc2c(c1)CCCN2[C@H](C)c1nc2ccccc2c(=O)[nH]1. The van der Waals surface area contributed by atoms with Crippen molar-refractivity contribution in [1.29, 1.82) is 0 Å². The number of aryl methyl sites for hydroxylation is 2. The van der Waals surface area contributed by atoms with Crippen LogP contribution in [-0.4, -0.2) is 16.5 Å². The molecule has 122 valence electrons. The van der Waals surface area contributed by atoms with E-state index in [0.717, 1.165) is 30.7 Å². The molecular formula is C20H21N3O. The van der Waals surface area contributed by atoms with Crippen molar-refractivity contribution in [3.8, 4) is 0 Å². The van der Waals surface area contributed by atoms with Gasteiger partial charge in [0.15, 0.2) is 0 Å². The molecule has 0 saturated carbocycles. The zero-order valence-electron chi connectivity index (χ0n) is 14.0. The van der Waals surface area contributed by atoms with Gasteiger partial charge in [-0.25, -0.2) is 4.98 Å². The molecule has 1 N–H and O–H groups in total. The molecule has 0 aliphatic carbocycles. The van der Waals surface area contributed by atoms with Crippen LogP contribution in [0, 0.1) is 6.92 Å². The third-order valence-electron chi connectivity index (χ3n) is 4.88. The first-order valence-electron chi connectivity index (χ1n) is 8.48. The smallest absolute Gasteiger partial charge is 0.258 e. The maximum absolute atomic E-state index is 12.4. The summed E-state index contributed by atoms with van der Waals surface area (Å²) in [4.78, 5) is 22.4. The standard InChI is InChI=1S/C20H21N3O/c1-13-9-10-18-15(12-13)6-5-11-23(18)14(2)19-21-17-8-4-3-7-16(17)20(24)22-19/h3-4,7-10,12,14H,5-6,11H2,1-2H3,(H,21,22,24)/t14-/m1/s1. The molecule has 4 heteroatoms. The van der Waals surface area contributed by atoms with Gasteiger partial charge in [-0.3, -0.25) is 4.79 Å². The Kier molecular flexibility index (Phi) is 3.60. The summed E-state index contributed by atoms with van der Waals surface area (Å²) < 4.78 is 0. The molecule has 1 aliphatic heterocycles. The molecule has 3 aromatic rings. The number of hydrogen-bond donors (Lipinski definition) is 1. The van der Waals surface area contributed by atoms with E-state index in [4.69, 9.17) is 4.98 Å². The zero-order valence-corrected chi connectivity index (χ0v) is 14.0. The number of fused-ring (bicyclic) bond motifs is 2. The van der Waals surface area contributed by atoms with Crippen molar-refractivity contribution in [3.05, 3.63) is 69.8 Å². The minimum atomic E-state index is -0.0661. The van der Waals surface area contributed by atoms with Crippen LogP contribution < -0.4 is 10.5 Å². The van der Waals surface area contributed by atoms with E-state index >= 15 is 0 Å². The maximum Gasteiger partial charge on any atom is 0.258 e. The molecule has 24 heavy (non-hydrogen) atoms. The summed E-state index contributed by atoms with van der Waals surface area (Å²) in [6, 6.07) is 14.1. The van der Waals surface area contributed by atoms with Gasteiger partial charge in [0.05, 0.1) is 16.9 Å². The normalized spacial score (nSPS) is 15.3. The van der Waals surface area contributed by atoms with E-state index in [1.54, 1.807) is 0 Å². The molecule has 4 rings (SSSR count). The number of benzene rings is 2. The van der Waals surface area contributed by atoms with Crippen molar-refractivity contribution >= 4 is 16.6 Å². The third kappa shape index (κ3) is 2.48. The lowest BCUT2D eigenvalue weighted by atomic mass is 9.98. The molecule has 0 amide bonds. The summed E-state index contributed by atoms with van der Waals surface area (Å²) in [5.41, 5.74) is 4.62. The summed E-state index contributed by atoms with van der Waals surface area (Å²) in [6.45, 7) is 5.22. The monoisotopic (exact) mass is 319 g/mol. The Morgan fingerprint density at radius 1 is 1.21 bits per heavy atom. The highest BCUT2D eigenvalue weighted by Crippen LogP contribution is 2.33. The molecule has 1 aromatic heterocycles. The molecule has 2 heterocycles. The fourth-order valence-corrected chi connectivity index (χ4v) is 3.61. The van der Waals surface area contributed by atoms with Crippen molar-refractivity contribution in [1.82, 2.24) is 9.97 Å². The second kappa shape index (κ2) is 5.78. The number of anilines is 1. The first-order chi connectivity index (χ1) is 11.6. The van der Waals surface area contributed by atoms with Crippen LogP contribution in [0.25, 0.3) is 10.9 Å². The van der Waals surface area contributed by atoms with Gasteiger partial charge in [-0.1, -0.05) is 29.8 Å². The van der Waals surface area contributed by atoms with Gasteiger partial charge in [-0.15, -0.1) is 0 Å². The average Bonchev–Trinajstić information content (AvgIpc) is 2.60. The second-order valence-corrected chi connectivity index (χ2v) is 6.57. The third-order valence-corrected chi connectivity index (χ3v) is 4.88. The number of para-hydroxylation sites is 1. The van der Waals surface area contributed by atoms with E-state index in [2.05, 4.69) is 41.9 Å². The minimum absolute atomic E-state index is 0.0315. The predicted octanol–water partition coefficient (Wildman–Crippen LogP) is 3.75. The van der Waals surface area contributed by atoms with Gasteiger partial charge in [0, 0.05) is 12.2 Å². The first kappa shape index (κ1) is 14.9. The van der Waals surface area contributed by atoms with Crippen molar-refractivity contribution < 1.29 is 0 Å². The van der Waals surface area contributed by atoms with Crippen molar-refractivity contribution in [2.24, 2.45) is 0 Å². The van der Waals surface area contributed by atoms with Gasteiger partial charge in [-0.2, -0.15) is 0 Å². The summed E-state index contributed by atoms with van der Waals surface area (Å²) in [5, 5.41) is 0.642. The van der Waals surface area contributed by atoms with Gasteiger partial charge < -0.3 is 9.88 Å². The lowest BCUT2D eigenvalue weighted by molar-refractivity contribution is 0.591. The van der Waals surface area contributed by atoms with Crippen LogP contribution in [-0.2, 0) is 6.42 Å². The van der Waals surface area contributed by atoms with E-state index in [1.807, 2.05) is 24.3 Å². The fraction of sp³-hybridized carbons (Fsp3) is 0.300. The molecule has 1 aliphatic rings. The molecule has 2 aromatic carbocycles. The van der Waals surface area contributed by atoms with Crippen LogP contribution in [0.2, 0.25) is 0 Å². The summed E-state index contributed by atoms with van der Waals surface area (Å²) >= 11 is 0. The second-order valence-electron chi connectivity index (χ2n) is 6.57. The van der Waals surface area contributed by atoms with Crippen LogP contribution in [0.4, 0.5) is 5.69 Å². The fourth-order valence-electron chi connectivity index (χ4n) is 3.61. The molecular weight excluding hydrogens is 298 g/mol. The number of H-pyrrole nitrogens is 1. The molecule has 0 radical (unpaired) electrons. The Morgan fingerprint density at radius 2 is 2.04 bits per heavy atom. The number of hydrogen-bond acceptors (Lipinski definition) is 3. The lowest BCUT2D eigenvalue weighted by Crippen LogP contribution is -2.34. The predicted molar refractivity (Wildman–Crippen MR) is 97.6 cm³/mol. The molecule has 4 nitrogen and oxygen atoms in total. The number of aromatic nitrogens is 2. The van der Waals surface area contributed by atoms with Gasteiger partial charge in [0.25, 0.3) is 5.56 Å². The molecule has 0 saturated heterocycles. The topological polar surface area (TPSA) is 49.0 Å². The highest BCUT2D eigenvalue weighted by molar-refractivity contribution is 5.77. The Bertz CT molecular complexity index is 961.